The molecule has 2 aromatic rings. The zero-order valence-electron chi connectivity index (χ0n) is 11.2. The Bertz CT molecular complexity index is 528. The Kier molecular flexibility index (Phi) is 4.46. The molecule has 0 radical (unpaired) electrons. The summed E-state index contributed by atoms with van der Waals surface area (Å²) in [5.74, 6) is 1.11. The molecule has 1 aromatic carbocycles. The third kappa shape index (κ3) is 3.33. The van der Waals surface area contributed by atoms with Crippen LogP contribution in [0.2, 0.25) is 0 Å². The largest absolute Gasteiger partial charge is 0.327 e. The van der Waals surface area contributed by atoms with E-state index < -0.39 is 0 Å². The molecule has 3 rings (SSSR count). The van der Waals surface area contributed by atoms with Crippen molar-refractivity contribution in [1.29, 1.82) is 0 Å². The van der Waals surface area contributed by atoms with E-state index in [0.29, 0.717) is 6.04 Å². The first-order valence-corrected chi connectivity index (χ1v) is 9.08. The average molecular weight is 291 g/mol. The molecule has 0 bridgehead atoms. The Balaban J connectivity index is 1.57. The number of fused-ring (bicyclic) bond motifs is 1. The summed E-state index contributed by atoms with van der Waals surface area (Å²) in [6, 6.07) is 8.94. The maximum Gasteiger partial charge on any atom is 0.0345 e. The molecule has 3 heteroatoms. The zero-order valence-corrected chi connectivity index (χ0v) is 12.8. The molecule has 1 heterocycles. The van der Waals surface area contributed by atoms with Crippen LogP contribution in [0.25, 0.3) is 10.1 Å². The van der Waals surface area contributed by atoms with E-state index >= 15 is 0 Å². The van der Waals surface area contributed by atoms with Gasteiger partial charge in [-0.3, -0.25) is 0 Å². The lowest BCUT2D eigenvalue weighted by molar-refractivity contribution is 0.749. The first kappa shape index (κ1) is 13.5. The van der Waals surface area contributed by atoms with Crippen molar-refractivity contribution in [2.75, 3.05) is 5.75 Å². The highest BCUT2D eigenvalue weighted by molar-refractivity contribution is 7.99. The maximum absolute atomic E-state index is 6.32. The van der Waals surface area contributed by atoms with Crippen LogP contribution in [0.1, 0.15) is 31.2 Å². The molecular weight excluding hydrogens is 270 g/mol. The first-order chi connectivity index (χ1) is 9.33. The fourth-order valence-electron chi connectivity index (χ4n) is 2.85. The molecule has 102 valence electrons. The van der Waals surface area contributed by atoms with Crippen LogP contribution in [0.15, 0.2) is 29.6 Å². The number of nitrogens with two attached hydrogens (primary N) is 1. The van der Waals surface area contributed by atoms with E-state index in [0.717, 1.165) is 17.4 Å². The fraction of sp³-hybridized carbons (Fsp3) is 0.500. The molecule has 1 fully saturated rings. The highest BCUT2D eigenvalue weighted by atomic mass is 32.2. The molecule has 1 nitrogen and oxygen atoms in total. The summed E-state index contributed by atoms with van der Waals surface area (Å²) in [5.41, 5.74) is 7.75. The van der Waals surface area contributed by atoms with E-state index in [1.54, 1.807) is 0 Å². The number of hydrogen-bond acceptors (Lipinski definition) is 3. The van der Waals surface area contributed by atoms with Gasteiger partial charge in [-0.05, 0) is 41.7 Å². The Labute approximate surface area is 123 Å². The quantitative estimate of drug-likeness (QED) is 0.881. The normalized spacial score (nSPS) is 18.2. The number of thioether (sulfide) groups is 1. The summed E-state index contributed by atoms with van der Waals surface area (Å²) in [6.07, 6.45) is 6.66. The SMILES string of the molecule is NC(CSC1CCCC1)Cc1csc2ccccc12. The zero-order chi connectivity index (χ0) is 13.1. The van der Waals surface area contributed by atoms with Crippen LogP contribution in [-0.4, -0.2) is 17.0 Å². The van der Waals surface area contributed by atoms with E-state index in [2.05, 4.69) is 41.4 Å². The van der Waals surface area contributed by atoms with Crippen molar-refractivity contribution in [2.45, 2.75) is 43.4 Å². The van der Waals surface area contributed by atoms with Gasteiger partial charge >= 0.3 is 0 Å². The van der Waals surface area contributed by atoms with Gasteiger partial charge in [0, 0.05) is 21.7 Å². The van der Waals surface area contributed by atoms with Gasteiger partial charge in [0.15, 0.2) is 0 Å². The molecule has 1 aromatic heterocycles. The maximum atomic E-state index is 6.32. The Morgan fingerprint density at radius 3 is 2.89 bits per heavy atom. The van der Waals surface area contributed by atoms with E-state index in [9.17, 15) is 0 Å². The van der Waals surface area contributed by atoms with Gasteiger partial charge in [-0.1, -0.05) is 31.0 Å². The molecule has 1 saturated carbocycles. The van der Waals surface area contributed by atoms with Crippen LogP contribution in [0.3, 0.4) is 0 Å². The second-order valence-electron chi connectivity index (χ2n) is 5.46. The minimum absolute atomic E-state index is 0.295. The van der Waals surface area contributed by atoms with Crippen molar-refractivity contribution in [2.24, 2.45) is 5.73 Å². The van der Waals surface area contributed by atoms with Crippen molar-refractivity contribution in [3.8, 4) is 0 Å². The average Bonchev–Trinajstić information content (AvgIpc) is 3.07. The number of rotatable bonds is 5. The van der Waals surface area contributed by atoms with Gasteiger partial charge in [0.25, 0.3) is 0 Å². The van der Waals surface area contributed by atoms with E-state index in [1.165, 1.54) is 41.3 Å². The molecule has 0 spiro atoms. The molecule has 1 atom stereocenters. The second-order valence-corrected chi connectivity index (χ2v) is 7.71. The van der Waals surface area contributed by atoms with Crippen LogP contribution in [0.5, 0.6) is 0 Å². The van der Waals surface area contributed by atoms with Gasteiger partial charge < -0.3 is 5.73 Å². The molecule has 0 aliphatic heterocycles. The Morgan fingerprint density at radius 1 is 1.26 bits per heavy atom. The lowest BCUT2D eigenvalue weighted by Crippen LogP contribution is -2.26. The first-order valence-electron chi connectivity index (χ1n) is 7.15. The van der Waals surface area contributed by atoms with Crippen LogP contribution in [-0.2, 0) is 6.42 Å². The van der Waals surface area contributed by atoms with Gasteiger partial charge in [-0.25, -0.2) is 0 Å². The monoisotopic (exact) mass is 291 g/mol. The summed E-state index contributed by atoms with van der Waals surface area (Å²) < 4.78 is 1.38. The van der Waals surface area contributed by atoms with Gasteiger partial charge in [-0.15, -0.1) is 11.3 Å². The van der Waals surface area contributed by atoms with E-state index in [-0.39, 0.29) is 0 Å². The van der Waals surface area contributed by atoms with E-state index in [4.69, 9.17) is 5.73 Å². The van der Waals surface area contributed by atoms with Crippen molar-refractivity contribution >= 4 is 33.2 Å². The third-order valence-corrected chi connectivity index (χ3v) is 6.47. The van der Waals surface area contributed by atoms with Crippen molar-refractivity contribution in [1.82, 2.24) is 0 Å². The van der Waals surface area contributed by atoms with Crippen LogP contribution in [0, 0.1) is 0 Å². The molecule has 19 heavy (non-hydrogen) atoms. The Hall–Kier alpha value is -0.510. The number of benzene rings is 1. The van der Waals surface area contributed by atoms with Crippen LogP contribution >= 0.6 is 23.1 Å². The standard InChI is InChI=1S/C16H21NS2/c17-13(11-18-14-5-1-2-6-14)9-12-10-19-16-8-4-3-7-15(12)16/h3-4,7-8,10,13-14H,1-2,5-6,9,11,17H2. The van der Waals surface area contributed by atoms with Gasteiger partial charge in [-0.2, -0.15) is 11.8 Å². The summed E-state index contributed by atoms with van der Waals surface area (Å²) >= 11 is 3.93. The minimum atomic E-state index is 0.295. The minimum Gasteiger partial charge on any atom is -0.327 e. The highest BCUT2D eigenvalue weighted by Crippen LogP contribution is 2.31. The number of hydrogen-bond donors (Lipinski definition) is 1. The lowest BCUT2D eigenvalue weighted by atomic mass is 10.1. The predicted molar refractivity (Wildman–Crippen MR) is 88.2 cm³/mol. The molecule has 0 amide bonds. The summed E-state index contributed by atoms with van der Waals surface area (Å²) in [4.78, 5) is 0. The van der Waals surface area contributed by atoms with E-state index in [1.807, 2.05) is 11.3 Å². The summed E-state index contributed by atoms with van der Waals surface area (Å²) in [7, 11) is 0. The third-order valence-electron chi connectivity index (χ3n) is 3.89. The van der Waals surface area contributed by atoms with Crippen molar-refractivity contribution in [3.63, 3.8) is 0 Å². The fourth-order valence-corrected chi connectivity index (χ4v) is 5.13. The molecule has 0 saturated heterocycles. The smallest absolute Gasteiger partial charge is 0.0345 e. The summed E-state index contributed by atoms with van der Waals surface area (Å²) in [5, 5.41) is 4.56. The molecule has 1 unspecified atom stereocenters. The topological polar surface area (TPSA) is 26.0 Å². The van der Waals surface area contributed by atoms with Gasteiger partial charge in [0.05, 0.1) is 0 Å². The van der Waals surface area contributed by atoms with Crippen LogP contribution in [0.4, 0.5) is 0 Å². The predicted octanol–water partition coefficient (Wildman–Crippen LogP) is 4.45. The summed E-state index contributed by atoms with van der Waals surface area (Å²) in [6.45, 7) is 0. The van der Waals surface area contributed by atoms with Crippen molar-refractivity contribution in [3.05, 3.63) is 35.2 Å². The molecule has 1 aliphatic carbocycles. The molecule has 2 N–H and O–H groups in total. The van der Waals surface area contributed by atoms with Crippen molar-refractivity contribution < 1.29 is 0 Å². The van der Waals surface area contributed by atoms with Gasteiger partial charge in [0.2, 0.25) is 0 Å². The second kappa shape index (κ2) is 6.29. The molecule has 1 aliphatic rings. The van der Waals surface area contributed by atoms with Crippen LogP contribution < -0.4 is 5.73 Å². The number of thiophene rings is 1. The van der Waals surface area contributed by atoms with Gasteiger partial charge in [0.1, 0.15) is 0 Å². The molecular formula is C16H21NS2. The highest BCUT2D eigenvalue weighted by Gasteiger charge is 2.17. The lowest BCUT2D eigenvalue weighted by Gasteiger charge is -2.14. The Morgan fingerprint density at radius 2 is 2.05 bits per heavy atom.